The van der Waals surface area contributed by atoms with E-state index in [2.05, 4.69) is 63.6 Å². The number of aromatic nitrogens is 6. The smallest absolute Gasteiger partial charge is 0.329 e. The number of rotatable bonds is 6. The van der Waals surface area contributed by atoms with Crippen LogP contribution >= 0.6 is 15.9 Å². The summed E-state index contributed by atoms with van der Waals surface area (Å²) >= 11 is 3.20. The number of terminal acetylenes is 1. The normalized spacial score (nSPS) is 11.1. The Morgan fingerprint density at radius 3 is 1.55 bits per heavy atom. The van der Waals surface area contributed by atoms with E-state index in [1.165, 1.54) is 41.0 Å². The predicted octanol–water partition coefficient (Wildman–Crippen LogP) is 7.38. The van der Waals surface area contributed by atoms with Crippen molar-refractivity contribution >= 4 is 27.2 Å². The van der Waals surface area contributed by atoms with Crippen molar-refractivity contribution in [2.75, 3.05) is 27.4 Å². The minimum absolute atomic E-state index is 0.335. The van der Waals surface area contributed by atoms with E-state index in [1.54, 1.807) is 24.3 Å². The van der Waals surface area contributed by atoms with E-state index in [0.29, 0.717) is 21.3 Å². The highest BCUT2D eigenvalue weighted by molar-refractivity contribution is 9.10. The van der Waals surface area contributed by atoms with Crippen molar-refractivity contribution in [3.05, 3.63) is 129 Å². The van der Waals surface area contributed by atoms with Gasteiger partial charge in [-0.1, -0.05) is 53.2 Å². The summed E-state index contributed by atoms with van der Waals surface area (Å²) in [6.45, 7) is 2.56. The van der Waals surface area contributed by atoms with E-state index in [4.69, 9.17) is 6.42 Å². The molecule has 0 aliphatic heterocycles. The first-order valence-electron chi connectivity index (χ1n) is 14.6. The molecule has 0 spiro atoms. The molecule has 8 nitrogen and oxygen atoms in total. The summed E-state index contributed by atoms with van der Waals surface area (Å²) in [6.07, 6.45) is 8.15. The molecule has 0 atom stereocenters. The number of halogens is 5. The van der Waals surface area contributed by atoms with Crippen LogP contribution in [-0.2, 0) is 21.3 Å². The van der Waals surface area contributed by atoms with Crippen molar-refractivity contribution in [2.24, 2.45) is 0 Å². The minimum Gasteiger partial charge on any atom is -0.378 e. The Morgan fingerprint density at radius 1 is 0.633 bits per heavy atom. The van der Waals surface area contributed by atoms with E-state index in [-0.39, 0.29) is 0 Å². The number of fused-ring (bicyclic) bond motifs is 2. The highest BCUT2D eigenvalue weighted by Crippen LogP contribution is 2.28. The van der Waals surface area contributed by atoms with Gasteiger partial charge in [0.1, 0.15) is 13.2 Å². The molecule has 4 aromatic heterocycles. The highest BCUT2D eigenvalue weighted by atomic mass is 79.9. The van der Waals surface area contributed by atoms with Crippen LogP contribution in [0.1, 0.15) is 39.5 Å². The average Bonchev–Trinajstić information content (AvgIpc) is 3.70. The van der Waals surface area contributed by atoms with Gasteiger partial charge in [-0.05, 0) is 78.3 Å². The number of aryl methyl sites for hydroxylation is 2. The van der Waals surface area contributed by atoms with Gasteiger partial charge < -0.3 is 9.47 Å². The van der Waals surface area contributed by atoms with Gasteiger partial charge in [0.25, 0.3) is 0 Å². The molecule has 49 heavy (non-hydrogen) atoms. The third-order valence-electron chi connectivity index (χ3n) is 6.70. The van der Waals surface area contributed by atoms with Gasteiger partial charge in [0.15, 0.2) is 11.3 Å². The molecule has 0 aliphatic rings. The Balaban J connectivity index is 0.000000185. The monoisotopic (exact) mass is 734 g/mol. The first-order chi connectivity index (χ1) is 23.4. The molecule has 0 unspecified atom stereocenters. The third kappa shape index (κ3) is 9.74. The van der Waals surface area contributed by atoms with Gasteiger partial charge in [-0.2, -0.15) is 17.6 Å². The van der Waals surface area contributed by atoms with Crippen LogP contribution in [0.2, 0.25) is 0 Å². The number of nitrogens with zero attached hydrogens (tertiary/aromatic N) is 6. The van der Waals surface area contributed by atoms with Gasteiger partial charge in [0, 0.05) is 47.8 Å². The molecule has 0 radical (unpaired) electrons. The van der Waals surface area contributed by atoms with Crippen molar-refractivity contribution in [2.45, 2.75) is 25.7 Å². The Morgan fingerprint density at radius 2 is 1.06 bits per heavy atom. The lowest BCUT2D eigenvalue weighted by Crippen LogP contribution is -2.23. The fourth-order valence-electron chi connectivity index (χ4n) is 4.25. The van der Waals surface area contributed by atoms with Gasteiger partial charge in [-0.3, -0.25) is 8.80 Å². The quantitative estimate of drug-likeness (QED) is 0.131. The Hall–Kier alpha value is -5.08. The molecule has 0 fully saturated rings. The van der Waals surface area contributed by atoms with E-state index in [0.717, 1.165) is 16.7 Å². The van der Waals surface area contributed by atoms with Gasteiger partial charge >= 0.3 is 11.8 Å². The topological polar surface area (TPSA) is 78.8 Å². The number of hydrogen-bond donors (Lipinski definition) is 0. The predicted molar refractivity (Wildman–Crippen MR) is 181 cm³/mol. The Kier molecular flexibility index (Phi) is 12.3. The number of alkyl halides is 4. The number of pyridine rings is 2. The van der Waals surface area contributed by atoms with Crippen LogP contribution in [0, 0.1) is 38.0 Å². The fraction of sp³-hybridized carbons (Fsp3) is 0.222. The molecule has 4 heterocycles. The van der Waals surface area contributed by atoms with Gasteiger partial charge in [0.05, 0.1) is 0 Å². The molecule has 6 aromatic rings. The van der Waals surface area contributed by atoms with Crippen LogP contribution in [-0.4, -0.2) is 56.6 Å². The van der Waals surface area contributed by atoms with Crippen LogP contribution in [0.3, 0.4) is 0 Å². The second-order valence-corrected chi connectivity index (χ2v) is 11.6. The number of ether oxygens (including phenoxy) is 2. The van der Waals surface area contributed by atoms with Gasteiger partial charge in [0.2, 0.25) is 11.6 Å². The number of benzene rings is 2. The molecule has 252 valence electrons. The zero-order valence-electron chi connectivity index (χ0n) is 27.0. The molecule has 6 rings (SSSR count). The van der Waals surface area contributed by atoms with Gasteiger partial charge in [-0.25, -0.2) is 0 Å². The Labute approximate surface area is 289 Å². The molecule has 0 bridgehead atoms. The lowest BCUT2D eigenvalue weighted by Gasteiger charge is -2.12. The zero-order valence-corrected chi connectivity index (χ0v) is 28.6. The van der Waals surface area contributed by atoms with E-state index < -0.39 is 36.7 Å². The maximum Gasteiger partial charge on any atom is 0.329 e. The molecule has 13 heteroatoms. The van der Waals surface area contributed by atoms with Crippen molar-refractivity contribution in [3.63, 3.8) is 0 Å². The van der Waals surface area contributed by atoms with Crippen LogP contribution in [0.5, 0.6) is 0 Å². The second kappa shape index (κ2) is 16.3. The number of methoxy groups -OCH3 is 2. The summed E-state index contributed by atoms with van der Waals surface area (Å²) in [5.74, 6) is 1.27. The maximum absolute atomic E-state index is 14.1. The third-order valence-corrected chi connectivity index (χ3v) is 7.16. The zero-order chi connectivity index (χ0) is 35.6. The lowest BCUT2D eigenvalue weighted by molar-refractivity contribution is -0.0775. The molecule has 0 aliphatic carbocycles. The summed E-state index contributed by atoms with van der Waals surface area (Å²) in [7, 11) is 2.43. The van der Waals surface area contributed by atoms with Crippen molar-refractivity contribution in [3.8, 4) is 24.2 Å². The SMILES string of the molecule is C#Cc1ccc(C)cc1.COCC(F)(F)c1nnc2ccc(Br)cn12.COCC(F)(F)c1nnc2ccc(C#Cc3ccc(C)cc3)cn12. The first-order valence-corrected chi connectivity index (χ1v) is 15.4. The van der Waals surface area contributed by atoms with Crippen molar-refractivity contribution < 1.29 is 27.0 Å². The largest absolute Gasteiger partial charge is 0.378 e. The molecular weight excluding hydrogens is 704 g/mol. The van der Waals surface area contributed by atoms with Gasteiger partial charge in [-0.15, -0.1) is 26.8 Å². The summed E-state index contributed by atoms with van der Waals surface area (Å²) in [5.41, 5.74) is 5.49. The maximum atomic E-state index is 14.1. The molecule has 2 aromatic carbocycles. The minimum atomic E-state index is -3.23. The summed E-state index contributed by atoms with van der Waals surface area (Å²) in [4.78, 5) is 0. The van der Waals surface area contributed by atoms with E-state index in [9.17, 15) is 17.6 Å². The van der Waals surface area contributed by atoms with Crippen LogP contribution in [0.25, 0.3) is 11.3 Å². The van der Waals surface area contributed by atoms with E-state index >= 15 is 0 Å². The molecule has 0 N–H and O–H groups in total. The second-order valence-electron chi connectivity index (χ2n) is 10.7. The van der Waals surface area contributed by atoms with Crippen LogP contribution < -0.4 is 0 Å². The molecule has 0 amide bonds. The lowest BCUT2D eigenvalue weighted by atomic mass is 10.1. The standard InChI is InChI=1S/C18H15F2N3O.C9H8BrF2N3O.C9H8/c1-13-3-5-14(6-4-13)7-8-15-9-10-16-21-22-17(23(16)11-15)18(19,20)12-24-2;1-16-5-9(11,12)8-14-13-7-3-2-6(10)4-15(7)8;1-3-9-6-4-8(2)5-7-9/h3-6,9-11H,12H2,1-2H3;2-4H,5H2,1H3;1,4-7H,2H3. The molecule has 0 saturated heterocycles. The van der Waals surface area contributed by atoms with Crippen molar-refractivity contribution in [1.29, 1.82) is 0 Å². The first kappa shape index (κ1) is 36.8. The van der Waals surface area contributed by atoms with Crippen LogP contribution in [0.15, 0.2) is 89.7 Å². The van der Waals surface area contributed by atoms with Crippen LogP contribution in [0.4, 0.5) is 17.6 Å². The Bertz CT molecular complexity index is 2110. The van der Waals surface area contributed by atoms with Crippen molar-refractivity contribution in [1.82, 2.24) is 29.2 Å². The van der Waals surface area contributed by atoms with E-state index in [1.807, 2.05) is 62.4 Å². The number of hydrogen-bond acceptors (Lipinski definition) is 6. The summed E-state index contributed by atoms with van der Waals surface area (Å²) < 4.78 is 67.5. The molecular formula is C36H31BrF4N6O2. The highest BCUT2D eigenvalue weighted by Gasteiger charge is 2.38. The fourth-order valence-corrected chi connectivity index (χ4v) is 4.59. The summed E-state index contributed by atoms with van der Waals surface area (Å²) in [6, 6.07) is 22.3. The summed E-state index contributed by atoms with van der Waals surface area (Å²) in [5, 5.41) is 14.5. The molecule has 0 saturated carbocycles. The average molecular weight is 736 g/mol.